The third-order valence-corrected chi connectivity index (χ3v) is 3.76. The molecule has 1 aliphatic heterocycles. The number of nitrogens with one attached hydrogen (secondary N) is 1. The third kappa shape index (κ3) is 1.87. The summed E-state index contributed by atoms with van der Waals surface area (Å²) in [6.07, 6.45) is -1.80. The monoisotopic (exact) mass is 222 g/mol. The number of hydrogen-bond acceptors (Lipinski definition) is 2. The van der Waals surface area contributed by atoms with E-state index in [0.29, 0.717) is 32.0 Å². The van der Waals surface area contributed by atoms with Crippen molar-refractivity contribution in [3.63, 3.8) is 0 Å². The maximum atomic E-state index is 12.8. The van der Waals surface area contributed by atoms with Gasteiger partial charge in [0.15, 0.2) is 0 Å². The SMILES string of the molecule is CNC1CCN(C2(C(F)(F)F)CC2)CC1. The summed E-state index contributed by atoms with van der Waals surface area (Å²) in [6.45, 7) is 1.15. The molecule has 0 unspecified atom stereocenters. The third-order valence-electron chi connectivity index (χ3n) is 3.76. The Bertz CT molecular complexity index is 227. The predicted octanol–water partition coefficient (Wildman–Crippen LogP) is 1.77. The van der Waals surface area contributed by atoms with E-state index in [1.807, 2.05) is 7.05 Å². The maximum absolute atomic E-state index is 12.8. The molecule has 0 spiro atoms. The highest BCUT2D eigenvalue weighted by Crippen LogP contribution is 2.54. The van der Waals surface area contributed by atoms with Gasteiger partial charge in [-0.3, -0.25) is 4.90 Å². The summed E-state index contributed by atoms with van der Waals surface area (Å²) >= 11 is 0. The first-order valence-corrected chi connectivity index (χ1v) is 5.49. The smallest absolute Gasteiger partial charge is 0.317 e. The van der Waals surface area contributed by atoms with Gasteiger partial charge in [0.1, 0.15) is 5.54 Å². The lowest BCUT2D eigenvalue weighted by molar-refractivity contribution is -0.199. The van der Waals surface area contributed by atoms with Crippen LogP contribution < -0.4 is 5.32 Å². The van der Waals surface area contributed by atoms with Gasteiger partial charge >= 0.3 is 6.18 Å². The molecule has 1 N–H and O–H groups in total. The van der Waals surface area contributed by atoms with E-state index >= 15 is 0 Å². The van der Waals surface area contributed by atoms with Crippen molar-refractivity contribution in [1.29, 1.82) is 0 Å². The van der Waals surface area contributed by atoms with E-state index < -0.39 is 11.7 Å². The van der Waals surface area contributed by atoms with Crippen molar-refractivity contribution in [3.05, 3.63) is 0 Å². The Morgan fingerprint density at radius 2 is 1.73 bits per heavy atom. The molecule has 2 aliphatic rings. The number of piperidine rings is 1. The van der Waals surface area contributed by atoms with Crippen LogP contribution in [0.15, 0.2) is 0 Å². The van der Waals surface area contributed by atoms with Gasteiger partial charge in [-0.15, -0.1) is 0 Å². The predicted molar refractivity (Wildman–Crippen MR) is 51.7 cm³/mol. The molecule has 2 rings (SSSR count). The summed E-state index contributed by atoms with van der Waals surface area (Å²) in [5, 5.41) is 3.13. The van der Waals surface area contributed by atoms with Crippen molar-refractivity contribution in [2.45, 2.75) is 43.4 Å². The van der Waals surface area contributed by atoms with Crippen molar-refractivity contribution in [2.24, 2.45) is 0 Å². The zero-order valence-electron chi connectivity index (χ0n) is 8.90. The minimum Gasteiger partial charge on any atom is -0.317 e. The lowest BCUT2D eigenvalue weighted by atomic mass is 10.0. The Balaban J connectivity index is 1.96. The Labute approximate surface area is 87.8 Å². The molecular weight excluding hydrogens is 205 g/mol. The first kappa shape index (κ1) is 11.2. The molecule has 88 valence electrons. The van der Waals surface area contributed by atoms with Crippen molar-refractivity contribution in [1.82, 2.24) is 10.2 Å². The quantitative estimate of drug-likeness (QED) is 0.766. The van der Waals surface area contributed by atoms with Gasteiger partial charge in [0.25, 0.3) is 0 Å². The van der Waals surface area contributed by atoms with E-state index in [4.69, 9.17) is 0 Å². The number of rotatable bonds is 2. The van der Waals surface area contributed by atoms with Crippen LogP contribution in [0.3, 0.4) is 0 Å². The van der Waals surface area contributed by atoms with Gasteiger partial charge in [0.2, 0.25) is 0 Å². The molecule has 0 aromatic heterocycles. The van der Waals surface area contributed by atoms with Crippen LogP contribution in [0.4, 0.5) is 13.2 Å². The van der Waals surface area contributed by atoms with Gasteiger partial charge in [-0.25, -0.2) is 0 Å². The Kier molecular flexibility index (Phi) is 2.71. The second kappa shape index (κ2) is 3.63. The van der Waals surface area contributed by atoms with Gasteiger partial charge < -0.3 is 5.32 Å². The Morgan fingerprint density at radius 1 is 1.20 bits per heavy atom. The molecule has 1 saturated carbocycles. The molecule has 1 aliphatic carbocycles. The minimum absolute atomic E-state index is 0.292. The van der Waals surface area contributed by atoms with Crippen molar-refractivity contribution in [3.8, 4) is 0 Å². The molecular formula is C10H17F3N2. The molecule has 0 atom stereocenters. The van der Waals surface area contributed by atoms with Crippen LogP contribution in [-0.4, -0.2) is 42.8 Å². The van der Waals surface area contributed by atoms with Gasteiger partial charge in [-0.05, 0) is 32.7 Å². The van der Waals surface area contributed by atoms with Crippen LogP contribution in [-0.2, 0) is 0 Å². The number of nitrogens with zero attached hydrogens (tertiary/aromatic N) is 1. The topological polar surface area (TPSA) is 15.3 Å². The Morgan fingerprint density at radius 3 is 2.07 bits per heavy atom. The van der Waals surface area contributed by atoms with Gasteiger partial charge in [-0.2, -0.15) is 13.2 Å². The highest BCUT2D eigenvalue weighted by Gasteiger charge is 2.66. The standard InChI is InChI=1S/C10H17F3N2/c1-14-8-2-6-15(7-3-8)9(4-5-9)10(11,12)13/h8,14H,2-7H2,1H3. The highest BCUT2D eigenvalue weighted by molar-refractivity contribution is 5.10. The molecule has 0 bridgehead atoms. The molecule has 2 nitrogen and oxygen atoms in total. The molecule has 0 amide bonds. The van der Waals surface area contributed by atoms with E-state index in [-0.39, 0.29) is 0 Å². The van der Waals surface area contributed by atoms with Crippen LogP contribution in [0.2, 0.25) is 0 Å². The van der Waals surface area contributed by atoms with E-state index in [9.17, 15) is 13.2 Å². The van der Waals surface area contributed by atoms with Gasteiger partial charge in [0.05, 0.1) is 0 Å². The normalized spacial score (nSPS) is 28.0. The molecule has 1 heterocycles. The fourth-order valence-electron chi connectivity index (χ4n) is 2.49. The van der Waals surface area contributed by atoms with Crippen LogP contribution in [0.5, 0.6) is 0 Å². The van der Waals surface area contributed by atoms with Crippen LogP contribution in [0.25, 0.3) is 0 Å². The summed E-state index contributed by atoms with van der Waals surface area (Å²) in [5.74, 6) is 0. The second-order valence-corrected chi connectivity index (χ2v) is 4.58. The number of halogens is 3. The average molecular weight is 222 g/mol. The van der Waals surface area contributed by atoms with E-state index in [1.54, 1.807) is 4.90 Å². The van der Waals surface area contributed by atoms with E-state index in [1.165, 1.54) is 0 Å². The number of alkyl halides is 3. The summed E-state index contributed by atoms with van der Waals surface area (Å²) in [7, 11) is 1.87. The first-order valence-electron chi connectivity index (χ1n) is 5.49. The van der Waals surface area contributed by atoms with Crippen LogP contribution >= 0.6 is 0 Å². The van der Waals surface area contributed by atoms with Crippen molar-refractivity contribution >= 4 is 0 Å². The zero-order chi connectivity index (χ0) is 11.1. The molecule has 0 aromatic rings. The molecule has 1 saturated heterocycles. The molecule has 0 aromatic carbocycles. The fraction of sp³-hybridized carbons (Fsp3) is 1.00. The van der Waals surface area contributed by atoms with Crippen molar-refractivity contribution in [2.75, 3.05) is 20.1 Å². The maximum Gasteiger partial charge on any atom is 0.406 e. The van der Waals surface area contributed by atoms with Crippen molar-refractivity contribution < 1.29 is 13.2 Å². The van der Waals surface area contributed by atoms with Gasteiger partial charge in [-0.1, -0.05) is 0 Å². The zero-order valence-corrected chi connectivity index (χ0v) is 8.90. The molecule has 0 radical (unpaired) electrons. The summed E-state index contributed by atoms with van der Waals surface area (Å²) in [6, 6.07) is 0.394. The number of hydrogen-bond donors (Lipinski definition) is 1. The summed E-state index contributed by atoms with van der Waals surface area (Å²) in [5.41, 5.74) is -1.45. The largest absolute Gasteiger partial charge is 0.406 e. The lowest BCUT2D eigenvalue weighted by Crippen LogP contribution is -2.53. The van der Waals surface area contributed by atoms with Gasteiger partial charge in [0, 0.05) is 19.1 Å². The number of likely N-dealkylation sites (tertiary alicyclic amines) is 1. The lowest BCUT2D eigenvalue weighted by Gasteiger charge is -2.38. The molecule has 2 fully saturated rings. The minimum atomic E-state index is -4.04. The molecule has 5 heteroatoms. The highest BCUT2D eigenvalue weighted by atomic mass is 19.4. The average Bonchev–Trinajstić information content (AvgIpc) is 2.98. The van der Waals surface area contributed by atoms with Crippen LogP contribution in [0, 0.1) is 0 Å². The molecule has 15 heavy (non-hydrogen) atoms. The first-order chi connectivity index (χ1) is 6.99. The van der Waals surface area contributed by atoms with E-state index in [2.05, 4.69) is 5.32 Å². The summed E-state index contributed by atoms with van der Waals surface area (Å²) < 4.78 is 38.4. The Hall–Kier alpha value is -0.290. The van der Waals surface area contributed by atoms with Crippen LogP contribution in [0.1, 0.15) is 25.7 Å². The second-order valence-electron chi connectivity index (χ2n) is 4.58. The summed E-state index contributed by atoms with van der Waals surface area (Å²) in [4.78, 5) is 1.64. The van der Waals surface area contributed by atoms with E-state index in [0.717, 1.165) is 12.8 Å². The fourth-order valence-corrected chi connectivity index (χ4v) is 2.49.